The number of ether oxygens (including phenoxy) is 1. The van der Waals surface area contributed by atoms with E-state index in [0.29, 0.717) is 6.61 Å². The Labute approximate surface area is 116 Å². The van der Waals surface area contributed by atoms with Crippen LogP contribution in [0.2, 0.25) is 0 Å². The van der Waals surface area contributed by atoms with Gasteiger partial charge in [-0.3, -0.25) is 4.98 Å². The highest BCUT2D eigenvalue weighted by Gasteiger charge is 2.25. The number of anilines is 1. The van der Waals surface area contributed by atoms with Gasteiger partial charge in [-0.25, -0.2) is 4.79 Å². The van der Waals surface area contributed by atoms with Crippen LogP contribution in [-0.2, 0) is 4.74 Å². The van der Waals surface area contributed by atoms with Crippen molar-refractivity contribution in [3.8, 4) is 0 Å². The van der Waals surface area contributed by atoms with Gasteiger partial charge in [0.15, 0.2) is 0 Å². The van der Waals surface area contributed by atoms with Gasteiger partial charge in [0.25, 0.3) is 0 Å². The highest BCUT2D eigenvalue weighted by Crippen LogP contribution is 2.31. The number of nitrogens with zero attached hydrogens (tertiary/aromatic N) is 2. The summed E-state index contributed by atoms with van der Waals surface area (Å²) in [7, 11) is 1.92. The van der Waals surface area contributed by atoms with Crippen LogP contribution in [0.3, 0.4) is 0 Å². The molecule has 1 aromatic heterocycles. The van der Waals surface area contributed by atoms with Crippen LogP contribution in [0, 0.1) is 0 Å². The van der Waals surface area contributed by atoms with E-state index in [9.17, 15) is 9.90 Å². The van der Waals surface area contributed by atoms with Crippen LogP contribution in [0.4, 0.5) is 5.69 Å². The minimum Gasteiger partial charge on any atom is -0.478 e. The number of pyridine rings is 1. The zero-order valence-electron chi connectivity index (χ0n) is 11.2. The van der Waals surface area contributed by atoms with Crippen molar-refractivity contribution >= 4 is 22.6 Å². The van der Waals surface area contributed by atoms with Crippen LogP contribution >= 0.6 is 0 Å². The number of carboxylic acids is 1. The lowest BCUT2D eigenvalue weighted by atomic mass is 10.1. The summed E-state index contributed by atoms with van der Waals surface area (Å²) in [4.78, 5) is 17.7. The normalized spacial score (nSPS) is 18.4. The largest absolute Gasteiger partial charge is 0.478 e. The summed E-state index contributed by atoms with van der Waals surface area (Å²) in [6.45, 7) is 1.35. The summed E-state index contributed by atoms with van der Waals surface area (Å²) in [5.74, 6) is -0.955. The molecule has 1 aliphatic heterocycles. The molecule has 0 bridgehead atoms. The Morgan fingerprint density at radius 2 is 2.25 bits per heavy atom. The van der Waals surface area contributed by atoms with Crippen LogP contribution in [0.1, 0.15) is 16.8 Å². The lowest BCUT2D eigenvalue weighted by Gasteiger charge is -2.28. The van der Waals surface area contributed by atoms with E-state index < -0.39 is 5.97 Å². The molecule has 5 heteroatoms. The predicted molar refractivity (Wildman–Crippen MR) is 76.3 cm³/mol. The Morgan fingerprint density at radius 1 is 1.45 bits per heavy atom. The maximum Gasteiger partial charge on any atom is 0.339 e. The molecular formula is C15H16N2O3. The smallest absolute Gasteiger partial charge is 0.339 e. The summed E-state index contributed by atoms with van der Waals surface area (Å²) >= 11 is 0. The highest BCUT2D eigenvalue weighted by atomic mass is 16.5. The van der Waals surface area contributed by atoms with E-state index in [4.69, 9.17) is 4.74 Å². The lowest BCUT2D eigenvalue weighted by Crippen LogP contribution is -2.33. The van der Waals surface area contributed by atoms with Gasteiger partial charge in [0.05, 0.1) is 23.9 Å². The fourth-order valence-corrected chi connectivity index (χ4v) is 2.67. The van der Waals surface area contributed by atoms with Crippen molar-refractivity contribution in [1.82, 2.24) is 4.98 Å². The Morgan fingerprint density at radius 3 is 2.95 bits per heavy atom. The van der Waals surface area contributed by atoms with Crippen LogP contribution < -0.4 is 4.90 Å². The molecule has 0 radical (unpaired) electrons. The maximum absolute atomic E-state index is 11.5. The zero-order chi connectivity index (χ0) is 14.1. The maximum atomic E-state index is 11.5. The molecule has 1 fully saturated rings. The molecule has 0 aliphatic carbocycles. The molecule has 1 aromatic carbocycles. The van der Waals surface area contributed by atoms with Crippen molar-refractivity contribution in [3.63, 3.8) is 0 Å². The first-order valence-corrected chi connectivity index (χ1v) is 6.60. The topological polar surface area (TPSA) is 62.7 Å². The molecule has 104 valence electrons. The Balaban J connectivity index is 2.18. The van der Waals surface area contributed by atoms with E-state index in [1.54, 1.807) is 0 Å². The number of hydrogen-bond donors (Lipinski definition) is 1. The van der Waals surface area contributed by atoms with Gasteiger partial charge in [-0.05, 0) is 12.5 Å². The Bertz CT molecular complexity index is 651. The molecular weight excluding hydrogens is 256 g/mol. The van der Waals surface area contributed by atoms with Crippen molar-refractivity contribution in [2.24, 2.45) is 0 Å². The number of benzene rings is 1. The monoisotopic (exact) mass is 272 g/mol. The number of para-hydroxylation sites is 1. The molecule has 0 spiro atoms. The van der Waals surface area contributed by atoms with Crippen LogP contribution in [0.5, 0.6) is 0 Å². The second kappa shape index (κ2) is 5.09. The third kappa shape index (κ3) is 2.10. The number of fused-ring (bicyclic) bond motifs is 1. The summed E-state index contributed by atoms with van der Waals surface area (Å²) in [6.07, 6.45) is 2.35. The van der Waals surface area contributed by atoms with E-state index in [0.717, 1.165) is 29.6 Å². The summed E-state index contributed by atoms with van der Waals surface area (Å²) in [6, 6.07) is 7.81. The summed E-state index contributed by atoms with van der Waals surface area (Å²) < 4.78 is 5.41. The molecule has 1 atom stereocenters. The fourth-order valence-electron chi connectivity index (χ4n) is 2.67. The van der Waals surface area contributed by atoms with Gasteiger partial charge in [0.1, 0.15) is 5.56 Å². The molecule has 20 heavy (non-hydrogen) atoms. The van der Waals surface area contributed by atoms with Gasteiger partial charge in [-0.15, -0.1) is 0 Å². The molecule has 0 saturated carbocycles. The molecule has 2 heterocycles. The average Bonchev–Trinajstić information content (AvgIpc) is 2.99. The Kier molecular flexibility index (Phi) is 3.28. The molecule has 0 amide bonds. The van der Waals surface area contributed by atoms with Crippen molar-refractivity contribution in [1.29, 1.82) is 0 Å². The molecule has 5 nitrogen and oxygen atoms in total. The molecule has 1 N–H and O–H groups in total. The van der Waals surface area contributed by atoms with Gasteiger partial charge < -0.3 is 14.7 Å². The van der Waals surface area contributed by atoms with Gasteiger partial charge in [0.2, 0.25) is 0 Å². The number of carbonyl (C=O) groups is 1. The minimum atomic E-state index is -0.955. The van der Waals surface area contributed by atoms with E-state index in [1.165, 1.54) is 6.20 Å². The van der Waals surface area contributed by atoms with E-state index in [2.05, 4.69) is 4.98 Å². The van der Waals surface area contributed by atoms with Gasteiger partial charge in [-0.2, -0.15) is 0 Å². The third-order valence-electron chi connectivity index (χ3n) is 3.78. The molecule has 2 aromatic rings. The number of rotatable bonds is 3. The van der Waals surface area contributed by atoms with Gasteiger partial charge in [0, 0.05) is 25.2 Å². The fraction of sp³-hybridized carbons (Fsp3) is 0.333. The lowest BCUT2D eigenvalue weighted by molar-refractivity contribution is 0.0697. The van der Waals surface area contributed by atoms with Gasteiger partial charge in [-0.1, -0.05) is 18.2 Å². The first-order valence-electron chi connectivity index (χ1n) is 6.60. The van der Waals surface area contributed by atoms with Crippen LogP contribution in [0.25, 0.3) is 10.9 Å². The number of likely N-dealkylation sites (N-methyl/N-ethyl adjacent to an activating group) is 1. The van der Waals surface area contributed by atoms with Crippen molar-refractivity contribution in [3.05, 3.63) is 36.0 Å². The molecule has 3 rings (SSSR count). The van der Waals surface area contributed by atoms with E-state index >= 15 is 0 Å². The zero-order valence-corrected chi connectivity index (χ0v) is 11.2. The summed E-state index contributed by atoms with van der Waals surface area (Å²) in [5, 5.41) is 10.3. The predicted octanol–water partition coefficient (Wildman–Crippen LogP) is 2.16. The van der Waals surface area contributed by atoms with Gasteiger partial charge >= 0.3 is 5.97 Å². The van der Waals surface area contributed by atoms with Crippen LogP contribution in [0.15, 0.2) is 30.5 Å². The van der Waals surface area contributed by atoms with E-state index in [1.807, 2.05) is 36.2 Å². The number of hydrogen-bond acceptors (Lipinski definition) is 4. The number of carboxylic acid groups (broad SMARTS) is 1. The average molecular weight is 272 g/mol. The first kappa shape index (κ1) is 12.9. The molecule has 1 saturated heterocycles. The third-order valence-corrected chi connectivity index (χ3v) is 3.78. The van der Waals surface area contributed by atoms with Crippen molar-refractivity contribution in [2.75, 3.05) is 25.2 Å². The second-order valence-electron chi connectivity index (χ2n) is 4.97. The quantitative estimate of drug-likeness (QED) is 0.927. The summed E-state index contributed by atoms with van der Waals surface area (Å²) in [5.41, 5.74) is 1.76. The second-order valence-corrected chi connectivity index (χ2v) is 4.97. The molecule has 1 unspecified atom stereocenters. The standard InChI is InChI=1S/C15H16N2O3/c1-17(10-6-7-20-9-10)14-11-4-2-3-5-13(11)16-8-12(14)15(18)19/h2-5,8,10H,6-7,9H2,1H3,(H,18,19). The van der Waals surface area contributed by atoms with Crippen molar-refractivity contribution in [2.45, 2.75) is 12.5 Å². The SMILES string of the molecule is CN(c1c(C(=O)O)cnc2ccccc12)C1CCOC1. The Hall–Kier alpha value is -2.14. The number of aromatic carboxylic acids is 1. The van der Waals surface area contributed by atoms with E-state index in [-0.39, 0.29) is 11.6 Å². The number of aromatic nitrogens is 1. The minimum absolute atomic E-state index is 0.207. The van der Waals surface area contributed by atoms with Crippen molar-refractivity contribution < 1.29 is 14.6 Å². The van der Waals surface area contributed by atoms with Crippen LogP contribution in [-0.4, -0.2) is 42.4 Å². The first-order chi connectivity index (χ1) is 9.68. The highest BCUT2D eigenvalue weighted by molar-refractivity contribution is 6.04. The molecule has 1 aliphatic rings.